The SMILES string of the molecule is Cc1ccc(N2CCN(CCC=O)C2=O)cc1. The summed E-state index contributed by atoms with van der Waals surface area (Å²) in [4.78, 5) is 25.8. The summed E-state index contributed by atoms with van der Waals surface area (Å²) in [6.45, 7) is 3.93. The Morgan fingerprint density at radius 1 is 1.24 bits per heavy atom. The number of nitrogens with zero attached hydrogens (tertiary/aromatic N) is 2. The van der Waals surface area contributed by atoms with Gasteiger partial charge in [0.05, 0.1) is 0 Å². The highest BCUT2D eigenvalue weighted by atomic mass is 16.2. The Labute approximate surface area is 101 Å². The van der Waals surface area contributed by atoms with E-state index in [1.807, 2.05) is 31.2 Å². The summed E-state index contributed by atoms with van der Waals surface area (Å²) in [6, 6.07) is 7.90. The lowest BCUT2D eigenvalue weighted by Gasteiger charge is -2.18. The molecule has 0 N–H and O–H groups in total. The molecule has 0 aromatic heterocycles. The first-order valence-corrected chi connectivity index (χ1v) is 5.79. The van der Waals surface area contributed by atoms with E-state index in [-0.39, 0.29) is 6.03 Å². The third-order valence-electron chi connectivity index (χ3n) is 2.96. The van der Waals surface area contributed by atoms with Gasteiger partial charge in [0.1, 0.15) is 6.29 Å². The summed E-state index contributed by atoms with van der Waals surface area (Å²) in [6.07, 6.45) is 1.26. The molecule has 90 valence electrons. The molecule has 0 spiro atoms. The van der Waals surface area contributed by atoms with Crippen molar-refractivity contribution >= 4 is 18.0 Å². The number of hydrogen-bond donors (Lipinski definition) is 0. The highest BCUT2D eigenvalue weighted by molar-refractivity contribution is 5.94. The van der Waals surface area contributed by atoms with Crippen LogP contribution in [0.15, 0.2) is 24.3 Å². The molecule has 0 bridgehead atoms. The fraction of sp³-hybridized carbons (Fsp3) is 0.385. The molecule has 1 aliphatic heterocycles. The van der Waals surface area contributed by atoms with Gasteiger partial charge in [-0.3, -0.25) is 4.90 Å². The summed E-state index contributed by atoms with van der Waals surface area (Å²) in [5.74, 6) is 0. The van der Waals surface area contributed by atoms with Gasteiger partial charge in [-0.1, -0.05) is 17.7 Å². The molecule has 0 unspecified atom stereocenters. The summed E-state index contributed by atoms with van der Waals surface area (Å²) >= 11 is 0. The highest BCUT2D eigenvalue weighted by Gasteiger charge is 2.28. The summed E-state index contributed by atoms with van der Waals surface area (Å²) in [5, 5.41) is 0. The second-order valence-electron chi connectivity index (χ2n) is 4.21. The van der Waals surface area contributed by atoms with Crippen LogP contribution in [-0.2, 0) is 4.79 Å². The minimum Gasteiger partial charge on any atom is -0.322 e. The van der Waals surface area contributed by atoms with Crippen molar-refractivity contribution in [3.05, 3.63) is 29.8 Å². The Bertz CT molecular complexity index is 414. The average molecular weight is 232 g/mol. The van der Waals surface area contributed by atoms with Gasteiger partial charge in [0.15, 0.2) is 0 Å². The molecule has 1 aromatic carbocycles. The first kappa shape index (κ1) is 11.6. The molecule has 1 aliphatic rings. The molecule has 1 fully saturated rings. The lowest BCUT2D eigenvalue weighted by molar-refractivity contribution is -0.108. The van der Waals surface area contributed by atoms with Gasteiger partial charge in [-0.05, 0) is 19.1 Å². The molecule has 0 atom stereocenters. The van der Waals surface area contributed by atoms with Crippen molar-refractivity contribution in [3.63, 3.8) is 0 Å². The largest absolute Gasteiger partial charge is 0.324 e. The molecule has 2 amide bonds. The number of anilines is 1. The van der Waals surface area contributed by atoms with Crippen LogP contribution in [-0.4, -0.2) is 36.9 Å². The number of amides is 2. The van der Waals surface area contributed by atoms with Gasteiger partial charge in [0.25, 0.3) is 0 Å². The van der Waals surface area contributed by atoms with Crippen molar-refractivity contribution < 1.29 is 9.59 Å². The van der Waals surface area contributed by atoms with E-state index in [4.69, 9.17) is 0 Å². The maximum atomic E-state index is 12.0. The number of aryl methyl sites for hydroxylation is 1. The predicted molar refractivity (Wildman–Crippen MR) is 66.2 cm³/mol. The van der Waals surface area contributed by atoms with E-state index >= 15 is 0 Å². The molecule has 4 nitrogen and oxygen atoms in total. The fourth-order valence-electron chi connectivity index (χ4n) is 1.96. The zero-order chi connectivity index (χ0) is 12.3. The minimum atomic E-state index is -0.00398. The van der Waals surface area contributed by atoms with E-state index in [0.717, 1.165) is 12.0 Å². The van der Waals surface area contributed by atoms with Crippen molar-refractivity contribution in [2.24, 2.45) is 0 Å². The minimum absolute atomic E-state index is 0.00398. The van der Waals surface area contributed by atoms with Crippen LogP contribution in [0.2, 0.25) is 0 Å². The first-order valence-electron chi connectivity index (χ1n) is 5.79. The lowest BCUT2D eigenvalue weighted by Crippen LogP contribution is -2.32. The molecule has 4 heteroatoms. The van der Waals surface area contributed by atoms with Crippen molar-refractivity contribution in [2.45, 2.75) is 13.3 Å². The Morgan fingerprint density at radius 2 is 1.94 bits per heavy atom. The second-order valence-corrected chi connectivity index (χ2v) is 4.21. The van der Waals surface area contributed by atoms with E-state index in [1.165, 1.54) is 5.56 Å². The Hall–Kier alpha value is -1.84. The molecule has 0 saturated carbocycles. The van der Waals surface area contributed by atoms with E-state index in [9.17, 15) is 9.59 Å². The fourth-order valence-corrected chi connectivity index (χ4v) is 1.96. The first-order chi connectivity index (χ1) is 8.22. The molecule has 1 saturated heterocycles. The number of rotatable bonds is 4. The standard InChI is InChI=1S/C13H16N2O2/c1-11-3-5-12(6-4-11)15-9-8-14(13(15)17)7-2-10-16/h3-6,10H,2,7-9H2,1H3. The van der Waals surface area contributed by atoms with Gasteiger partial charge in [-0.15, -0.1) is 0 Å². The van der Waals surface area contributed by atoms with E-state index in [1.54, 1.807) is 9.80 Å². The highest BCUT2D eigenvalue weighted by Crippen LogP contribution is 2.20. The number of hydrogen-bond acceptors (Lipinski definition) is 2. The monoisotopic (exact) mass is 232 g/mol. The van der Waals surface area contributed by atoms with Crippen LogP contribution in [0.25, 0.3) is 0 Å². The average Bonchev–Trinajstić information content (AvgIpc) is 2.69. The zero-order valence-electron chi connectivity index (χ0n) is 9.93. The Balaban J connectivity index is 2.06. The van der Waals surface area contributed by atoms with Gasteiger partial charge in [0.2, 0.25) is 0 Å². The maximum Gasteiger partial charge on any atom is 0.324 e. The third-order valence-corrected chi connectivity index (χ3v) is 2.96. The van der Waals surface area contributed by atoms with Gasteiger partial charge in [-0.2, -0.15) is 0 Å². The van der Waals surface area contributed by atoms with Gasteiger partial charge in [-0.25, -0.2) is 4.79 Å². The van der Waals surface area contributed by atoms with Crippen LogP contribution in [0.3, 0.4) is 0 Å². The van der Waals surface area contributed by atoms with Crippen LogP contribution < -0.4 is 4.90 Å². The third kappa shape index (κ3) is 2.46. The number of benzene rings is 1. The predicted octanol–water partition coefficient (Wildman–Crippen LogP) is 1.83. The van der Waals surface area contributed by atoms with Crippen LogP contribution in [0, 0.1) is 6.92 Å². The van der Waals surface area contributed by atoms with Crippen molar-refractivity contribution in [2.75, 3.05) is 24.5 Å². The molecule has 2 rings (SSSR count). The molecule has 1 heterocycles. The van der Waals surface area contributed by atoms with Gasteiger partial charge < -0.3 is 9.69 Å². The molecule has 0 radical (unpaired) electrons. The topological polar surface area (TPSA) is 40.6 Å². The lowest BCUT2D eigenvalue weighted by atomic mass is 10.2. The van der Waals surface area contributed by atoms with Crippen LogP contribution >= 0.6 is 0 Å². The van der Waals surface area contributed by atoms with Crippen LogP contribution in [0.4, 0.5) is 10.5 Å². The molecule has 17 heavy (non-hydrogen) atoms. The van der Waals surface area contributed by atoms with Crippen molar-refractivity contribution in [1.82, 2.24) is 4.90 Å². The van der Waals surface area contributed by atoms with Gasteiger partial charge >= 0.3 is 6.03 Å². The van der Waals surface area contributed by atoms with E-state index in [0.29, 0.717) is 26.1 Å². The molecular formula is C13H16N2O2. The Kier molecular flexibility index (Phi) is 3.42. The summed E-state index contributed by atoms with van der Waals surface area (Å²) in [5.41, 5.74) is 2.10. The number of aldehydes is 1. The van der Waals surface area contributed by atoms with Crippen LogP contribution in [0.1, 0.15) is 12.0 Å². The van der Waals surface area contributed by atoms with Crippen molar-refractivity contribution in [3.8, 4) is 0 Å². The van der Waals surface area contributed by atoms with Gasteiger partial charge in [0, 0.05) is 31.7 Å². The number of carbonyl (C=O) groups excluding carboxylic acids is 2. The Morgan fingerprint density at radius 3 is 2.59 bits per heavy atom. The summed E-state index contributed by atoms with van der Waals surface area (Å²) < 4.78 is 0. The molecule has 1 aromatic rings. The van der Waals surface area contributed by atoms with Crippen molar-refractivity contribution in [1.29, 1.82) is 0 Å². The normalized spacial score (nSPS) is 15.5. The summed E-state index contributed by atoms with van der Waals surface area (Å²) in [7, 11) is 0. The van der Waals surface area contributed by atoms with E-state index in [2.05, 4.69) is 0 Å². The number of urea groups is 1. The maximum absolute atomic E-state index is 12.0. The molecular weight excluding hydrogens is 216 g/mol. The zero-order valence-corrected chi connectivity index (χ0v) is 9.93. The smallest absolute Gasteiger partial charge is 0.322 e. The van der Waals surface area contributed by atoms with E-state index < -0.39 is 0 Å². The second kappa shape index (κ2) is 4.99. The number of carbonyl (C=O) groups is 2. The molecule has 0 aliphatic carbocycles. The van der Waals surface area contributed by atoms with Crippen LogP contribution in [0.5, 0.6) is 0 Å². The quantitative estimate of drug-likeness (QED) is 0.743.